The summed E-state index contributed by atoms with van der Waals surface area (Å²) in [4.78, 5) is 5.09. The minimum Gasteiger partial charge on any atom is -0.396 e. The van der Waals surface area contributed by atoms with Crippen molar-refractivity contribution in [2.75, 3.05) is 26.2 Å². The Morgan fingerprint density at radius 2 is 1.82 bits per heavy atom. The zero-order valence-corrected chi connectivity index (χ0v) is 13.3. The van der Waals surface area contributed by atoms with Crippen LogP contribution in [0.1, 0.15) is 37.7 Å². The van der Waals surface area contributed by atoms with Crippen LogP contribution in [-0.2, 0) is 6.54 Å². The molecule has 1 atom stereocenters. The fraction of sp³-hybridized carbons (Fsp3) is 0.667. The third kappa shape index (κ3) is 3.86. The van der Waals surface area contributed by atoms with Crippen LogP contribution in [0.3, 0.4) is 0 Å². The summed E-state index contributed by atoms with van der Waals surface area (Å²) in [7, 11) is 0. The minimum atomic E-state index is -0.179. The maximum Gasteiger partial charge on any atom is 0.123 e. The molecule has 0 aromatic heterocycles. The Kier molecular flexibility index (Phi) is 5.45. The molecular formula is C18H27FN2O. The number of halogens is 1. The lowest BCUT2D eigenvalue weighted by Gasteiger charge is -2.44. The average molecular weight is 306 g/mol. The van der Waals surface area contributed by atoms with Gasteiger partial charge in [-0.25, -0.2) is 4.39 Å². The van der Waals surface area contributed by atoms with Crippen LogP contribution in [0.5, 0.6) is 0 Å². The largest absolute Gasteiger partial charge is 0.396 e. The summed E-state index contributed by atoms with van der Waals surface area (Å²) < 4.78 is 13.0. The van der Waals surface area contributed by atoms with Gasteiger partial charge < -0.3 is 5.11 Å². The van der Waals surface area contributed by atoms with Gasteiger partial charge in [0.2, 0.25) is 0 Å². The van der Waals surface area contributed by atoms with E-state index >= 15 is 0 Å². The molecule has 22 heavy (non-hydrogen) atoms. The van der Waals surface area contributed by atoms with Gasteiger partial charge in [0.1, 0.15) is 5.82 Å². The van der Waals surface area contributed by atoms with Gasteiger partial charge in [-0.05, 0) is 37.0 Å². The molecule has 2 aliphatic rings. The summed E-state index contributed by atoms with van der Waals surface area (Å²) in [5, 5.41) is 9.40. The third-order valence-corrected chi connectivity index (χ3v) is 5.24. The van der Waals surface area contributed by atoms with Gasteiger partial charge in [-0.1, -0.05) is 25.0 Å². The molecule has 0 bridgehead atoms. The van der Waals surface area contributed by atoms with Crippen molar-refractivity contribution < 1.29 is 9.50 Å². The predicted octanol–water partition coefficient (Wildman–Crippen LogP) is 2.64. The molecule has 0 amide bonds. The molecular weight excluding hydrogens is 279 g/mol. The van der Waals surface area contributed by atoms with Crippen LogP contribution in [0.15, 0.2) is 24.3 Å². The lowest BCUT2D eigenvalue weighted by molar-refractivity contribution is 0.0326. The highest BCUT2D eigenvalue weighted by molar-refractivity contribution is 5.16. The van der Waals surface area contributed by atoms with Crippen LogP contribution >= 0.6 is 0 Å². The predicted molar refractivity (Wildman–Crippen MR) is 86.1 cm³/mol. The van der Waals surface area contributed by atoms with Crippen LogP contribution < -0.4 is 0 Å². The first kappa shape index (κ1) is 15.9. The van der Waals surface area contributed by atoms with Gasteiger partial charge in [0.25, 0.3) is 0 Å². The van der Waals surface area contributed by atoms with Crippen molar-refractivity contribution >= 4 is 0 Å². The Morgan fingerprint density at radius 3 is 2.50 bits per heavy atom. The molecule has 0 radical (unpaired) electrons. The molecule has 1 aliphatic heterocycles. The van der Waals surface area contributed by atoms with Crippen LogP contribution in [0.25, 0.3) is 0 Å². The first-order valence-electron chi connectivity index (χ1n) is 8.59. The van der Waals surface area contributed by atoms with E-state index in [1.54, 1.807) is 0 Å². The normalized spacial score (nSPS) is 24.9. The van der Waals surface area contributed by atoms with Crippen LogP contribution in [-0.4, -0.2) is 53.2 Å². The highest BCUT2D eigenvalue weighted by atomic mass is 19.1. The van der Waals surface area contributed by atoms with Gasteiger partial charge in [0.15, 0.2) is 0 Å². The van der Waals surface area contributed by atoms with E-state index in [0.717, 1.165) is 44.2 Å². The Balaban J connectivity index is 1.62. The number of piperazine rings is 1. The molecule has 1 aliphatic carbocycles. The van der Waals surface area contributed by atoms with E-state index in [2.05, 4.69) is 9.80 Å². The zero-order chi connectivity index (χ0) is 15.4. The molecule has 1 N–H and O–H groups in total. The number of hydrogen-bond donors (Lipinski definition) is 1. The summed E-state index contributed by atoms with van der Waals surface area (Å²) in [5.74, 6) is -0.179. The quantitative estimate of drug-likeness (QED) is 0.906. The number of aliphatic hydroxyl groups is 1. The molecule has 1 saturated carbocycles. The standard InChI is InChI=1S/C18H27FN2O/c19-16-7-5-15(6-8-16)13-20-10-11-21(14-18(20)9-12-22)17-3-1-2-4-17/h5-8,17-18,22H,1-4,9-14H2. The monoisotopic (exact) mass is 306 g/mol. The summed E-state index contributed by atoms with van der Waals surface area (Å²) in [6, 6.07) is 7.97. The van der Waals surface area contributed by atoms with Crippen LogP contribution in [0, 0.1) is 5.82 Å². The Bertz CT molecular complexity index is 459. The van der Waals surface area contributed by atoms with E-state index in [1.807, 2.05) is 12.1 Å². The molecule has 1 unspecified atom stereocenters. The fourth-order valence-corrected chi connectivity index (χ4v) is 3.97. The van der Waals surface area contributed by atoms with E-state index in [1.165, 1.54) is 37.8 Å². The van der Waals surface area contributed by atoms with Gasteiger partial charge in [-0.15, -0.1) is 0 Å². The molecule has 122 valence electrons. The Labute approximate surface area is 132 Å². The lowest BCUT2D eigenvalue weighted by atomic mass is 10.0. The number of aliphatic hydroxyl groups excluding tert-OH is 1. The Hall–Kier alpha value is -0.970. The van der Waals surface area contributed by atoms with Crippen molar-refractivity contribution in [3.63, 3.8) is 0 Å². The number of rotatable bonds is 5. The molecule has 2 fully saturated rings. The molecule has 1 aromatic carbocycles. The first-order valence-corrected chi connectivity index (χ1v) is 8.59. The second kappa shape index (κ2) is 7.53. The van der Waals surface area contributed by atoms with Crippen molar-refractivity contribution in [2.24, 2.45) is 0 Å². The molecule has 0 spiro atoms. The maximum atomic E-state index is 13.0. The van der Waals surface area contributed by atoms with Gasteiger partial charge in [-0.3, -0.25) is 9.80 Å². The molecule has 4 heteroatoms. The fourth-order valence-electron chi connectivity index (χ4n) is 3.97. The van der Waals surface area contributed by atoms with E-state index < -0.39 is 0 Å². The zero-order valence-electron chi connectivity index (χ0n) is 13.3. The maximum absolute atomic E-state index is 13.0. The van der Waals surface area contributed by atoms with Crippen molar-refractivity contribution in [2.45, 2.75) is 50.7 Å². The molecule has 1 heterocycles. The average Bonchev–Trinajstić information content (AvgIpc) is 3.06. The highest BCUT2D eigenvalue weighted by Crippen LogP contribution is 2.27. The molecule has 3 rings (SSSR count). The summed E-state index contributed by atoms with van der Waals surface area (Å²) in [5.41, 5.74) is 1.15. The van der Waals surface area contributed by atoms with E-state index in [0.29, 0.717) is 6.04 Å². The van der Waals surface area contributed by atoms with Crippen LogP contribution in [0.2, 0.25) is 0 Å². The smallest absolute Gasteiger partial charge is 0.123 e. The first-order chi connectivity index (χ1) is 10.8. The van der Waals surface area contributed by atoms with Gasteiger partial charge in [0, 0.05) is 44.9 Å². The second-order valence-electron chi connectivity index (χ2n) is 6.70. The van der Waals surface area contributed by atoms with Gasteiger partial charge in [-0.2, -0.15) is 0 Å². The van der Waals surface area contributed by atoms with Gasteiger partial charge in [0.05, 0.1) is 0 Å². The second-order valence-corrected chi connectivity index (χ2v) is 6.70. The van der Waals surface area contributed by atoms with E-state index in [4.69, 9.17) is 0 Å². The summed E-state index contributed by atoms with van der Waals surface area (Å²) in [6.45, 7) is 4.31. The molecule has 1 saturated heterocycles. The SMILES string of the molecule is OCCC1CN(C2CCCC2)CCN1Cc1ccc(F)cc1. The van der Waals surface area contributed by atoms with Gasteiger partial charge >= 0.3 is 0 Å². The van der Waals surface area contributed by atoms with Crippen LogP contribution in [0.4, 0.5) is 4.39 Å². The van der Waals surface area contributed by atoms with E-state index in [-0.39, 0.29) is 12.4 Å². The third-order valence-electron chi connectivity index (χ3n) is 5.24. The minimum absolute atomic E-state index is 0.179. The number of hydrogen-bond acceptors (Lipinski definition) is 3. The summed E-state index contributed by atoms with van der Waals surface area (Å²) >= 11 is 0. The number of benzene rings is 1. The topological polar surface area (TPSA) is 26.7 Å². The summed E-state index contributed by atoms with van der Waals surface area (Å²) in [6.07, 6.45) is 6.23. The highest BCUT2D eigenvalue weighted by Gasteiger charge is 2.31. The van der Waals surface area contributed by atoms with Crippen molar-refractivity contribution in [3.05, 3.63) is 35.6 Å². The van der Waals surface area contributed by atoms with E-state index in [9.17, 15) is 9.50 Å². The molecule has 3 nitrogen and oxygen atoms in total. The number of nitrogens with zero attached hydrogens (tertiary/aromatic N) is 2. The van der Waals surface area contributed by atoms with Crippen molar-refractivity contribution in [3.8, 4) is 0 Å². The lowest BCUT2D eigenvalue weighted by Crippen LogP contribution is -2.55. The molecule has 1 aromatic rings. The van der Waals surface area contributed by atoms with Crippen molar-refractivity contribution in [1.82, 2.24) is 9.80 Å². The van der Waals surface area contributed by atoms with Crippen molar-refractivity contribution in [1.29, 1.82) is 0 Å². The Morgan fingerprint density at radius 1 is 1.09 bits per heavy atom.